The van der Waals surface area contributed by atoms with Crippen molar-refractivity contribution >= 4 is 22.9 Å². The van der Waals surface area contributed by atoms with Crippen LogP contribution in [0.5, 0.6) is 0 Å². The van der Waals surface area contributed by atoms with Crippen molar-refractivity contribution in [2.24, 2.45) is 5.73 Å². The van der Waals surface area contributed by atoms with Gasteiger partial charge in [0.15, 0.2) is 0 Å². The largest absolute Gasteiger partial charge is 0.320 e. The first-order chi connectivity index (χ1) is 5.13. The van der Waals surface area contributed by atoms with Gasteiger partial charge >= 0.3 is 0 Å². The smallest absolute Gasteiger partial charge is 0.288 e. The van der Waals surface area contributed by atoms with Crippen molar-refractivity contribution in [3.63, 3.8) is 0 Å². The first-order valence-corrected chi connectivity index (χ1v) is 4.35. The summed E-state index contributed by atoms with van der Waals surface area (Å²) in [6.07, 6.45) is 0. The maximum atomic E-state index is 11.1. The van der Waals surface area contributed by atoms with Gasteiger partial charge in [0.05, 0.1) is 6.04 Å². The van der Waals surface area contributed by atoms with Crippen molar-refractivity contribution in [1.82, 2.24) is 4.90 Å². The van der Waals surface area contributed by atoms with Gasteiger partial charge in [-0.2, -0.15) is 0 Å². The minimum atomic E-state index is -0.572. The number of amides is 2. The molecule has 1 heterocycles. The highest BCUT2D eigenvalue weighted by Gasteiger charge is 2.28. The fraction of sp³-hybridized carbons (Fsp3) is 0.667. The summed E-state index contributed by atoms with van der Waals surface area (Å²) in [6.45, 7) is 2.09. The summed E-state index contributed by atoms with van der Waals surface area (Å²) in [7, 11) is 0. The van der Waals surface area contributed by atoms with E-state index in [4.69, 9.17) is 5.73 Å². The molecule has 2 N–H and O–H groups in total. The Morgan fingerprint density at radius 1 is 1.82 bits per heavy atom. The van der Waals surface area contributed by atoms with Gasteiger partial charge in [-0.15, -0.1) is 0 Å². The minimum absolute atomic E-state index is 0.174. The highest BCUT2D eigenvalue weighted by Crippen LogP contribution is 2.17. The van der Waals surface area contributed by atoms with Gasteiger partial charge in [0.2, 0.25) is 5.91 Å². The molecule has 0 aromatic rings. The quantitative estimate of drug-likeness (QED) is 0.609. The Labute approximate surface area is 69.1 Å². The Bertz CT molecular complexity index is 193. The van der Waals surface area contributed by atoms with E-state index in [2.05, 4.69) is 0 Å². The lowest BCUT2D eigenvalue weighted by molar-refractivity contribution is -0.128. The van der Waals surface area contributed by atoms with Crippen molar-refractivity contribution in [3.8, 4) is 0 Å². The number of carbonyl (C=O) groups excluding carboxylic acids is 2. The van der Waals surface area contributed by atoms with Gasteiger partial charge < -0.3 is 5.73 Å². The molecule has 0 spiro atoms. The van der Waals surface area contributed by atoms with Crippen LogP contribution in [-0.4, -0.2) is 34.4 Å². The lowest BCUT2D eigenvalue weighted by Gasteiger charge is -2.14. The SMILES string of the molecule is C[C@H](N)C(=O)N1CCSC1=O. The molecule has 1 aliphatic rings. The van der Waals surface area contributed by atoms with Crippen LogP contribution in [0.4, 0.5) is 4.79 Å². The molecule has 1 aliphatic heterocycles. The van der Waals surface area contributed by atoms with Crippen LogP contribution >= 0.6 is 11.8 Å². The third-order valence-electron chi connectivity index (χ3n) is 1.42. The number of carbonyl (C=O) groups is 2. The van der Waals surface area contributed by atoms with Gasteiger partial charge in [-0.25, -0.2) is 0 Å². The Hall–Kier alpha value is -0.550. The van der Waals surface area contributed by atoms with Crippen molar-refractivity contribution < 1.29 is 9.59 Å². The first-order valence-electron chi connectivity index (χ1n) is 3.36. The fourth-order valence-electron chi connectivity index (χ4n) is 0.839. The van der Waals surface area contributed by atoms with Gasteiger partial charge in [0.25, 0.3) is 5.24 Å². The molecule has 0 unspecified atom stereocenters. The lowest BCUT2D eigenvalue weighted by atomic mass is 10.3. The van der Waals surface area contributed by atoms with Crippen LogP contribution in [0.2, 0.25) is 0 Å². The summed E-state index contributed by atoms with van der Waals surface area (Å²) in [5.74, 6) is 0.414. The molecule has 0 aromatic carbocycles. The zero-order valence-corrected chi connectivity index (χ0v) is 7.06. The van der Waals surface area contributed by atoms with Gasteiger partial charge in [-0.1, -0.05) is 11.8 Å². The number of rotatable bonds is 1. The molecule has 2 amide bonds. The average Bonchev–Trinajstić information content (AvgIpc) is 2.33. The molecule has 1 fully saturated rings. The number of nitrogens with zero attached hydrogens (tertiary/aromatic N) is 1. The second kappa shape index (κ2) is 3.23. The lowest BCUT2D eigenvalue weighted by Crippen LogP contribution is -2.41. The Kier molecular flexibility index (Phi) is 2.51. The first kappa shape index (κ1) is 8.55. The minimum Gasteiger partial charge on any atom is -0.320 e. The molecule has 0 radical (unpaired) electrons. The van der Waals surface area contributed by atoms with Gasteiger partial charge in [-0.3, -0.25) is 14.5 Å². The maximum Gasteiger partial charge on any atom is 0.288 e. The molecule has 1 rings (SSSR count). The third-order valence-corrected chi connectivity index (χ3v) is 2.27. The number of thioether (sulfide) groups is 1. The Morgan fingerprint density at radius 2 is 2.45 bits per heavy atom. The van der Waals surface area contributed by atoms with Crippen molar-refractivity contribution in [3.05, 3.63) is 0 Å². The summed E-state index contributed by atoms with van der Waals surface area (Å²) in [5.41, 5.74) is 5.33. The summed E-state index contributed by atoms with van der Waals surface area (Å²) in [4.78, 5) is 23.3. The molecular formula is C6H10N2O2S. The predicted octanol–water partition coefficient (Wildman–Crippen LogP) is 0.0290. The van der Waals surface area contributed by atoms with Crippen LogP contribution < -0.4 is 5.73 Å². The molecular weight excluding hydrogens is 164 g/mol. The van der Waals surface area contributed by atoms with Crippen LogP contribution in [0.3, 0.4) is 0 Å². The standard InChI is InChI=1S/C6H10N2O2S/c1-4(7)5(9)8-2-3-11-6(8)10/h4H,2-3,7H2,1H3/t4-/m0/s1. The van der Waals surface area contributed by atoms with E-state index in [-0.39, 0.29) is 11.1 Å². The van der Waals surface area contributed by atoms with Crippen LogP contribution in [-0.2, 0) is 4.79 Å². The van der Waals surface area contributed by atoms with Gasteiger partial charge in [0, 0.05) is 12.3 Å². The van der Waals surface area contributed by atoms with E-state index >= 15 is 0 Å². The monoisotopic (exact) mass is 174 g/mol. The highest BCUT2D eigenvalue weighted by atomic mass is 32.2. The molecule has 11 heavy (non-hydrogen) atoms. The zero-order chi connectivity index (χ0) is 8.43. The second-order valence-corrected chi connectivity index (χ2v) is 3.44. The molecule has 62 valence electrons. The summed E-state index contributed by atoms with van der Waals surface area (Å²) < 4.78 is 0. The van der Waals surface area contributed by atoms with Crippen molar-refractivity contribution in [1.29, 1.82) is 0 Å². The topological polar surface area (TPSA) is 63.4 Å². The molecule has 1 saturated heterocycles. The van der Waals surface area contributed by atoms with E-state index in [1.807, 2.05) is 0 Å². The average molecular weight is 174 g/mol. The van der Waals surface area contributed by atoms with E-state index in [1.54, 1.807) is 6.92 Å². The summed E-state index contributed by atoms with van der Waals surface area (Å²) in [5, 5.41) is -0.174. The van der Waals surface area contributed by atoms with E-state index in [9.17, 15) is 9.59 Å². The predicted molar refractivity (Wildman–Crippen MR) is 43.2 cm³/mol. The Morgan fingerprint density at radius 3 is 2.82 bits per heavy atom. The van der Waals surface area contributed by atoms with E-state index in [0.717, 1.165) is 11.8 Å². The molecule has 0 bridgehead atoms. The Balaban J connectivity index is 2.60. The third kappa shape index (κ3) is 1.72. The van der Waals surface area contributed by atoms with Gasteiger partial charge in [-0.05, 0) is 6.92 Å². The molecule has 5 heteroatoms. The summed E-state index contributed by atoms with van der Waals surface area (Å²) >= 11 is 1.16. The summed E-state index contributed by atoms with van der Waals surface area (Å²) in [6, 6.07) is -0.572. The van der Waals surface area contributed by atoms with Crippen LogP contribution in [0.25, 0.3) is 0 Å². The number of imide groups is 1. The molecule has 1 atom stereocenters. The van der Waals surface area contributed by atoms with E-state index < -0.39 is 6.04 Å². The molecule has 0 aromatic heterocycles. The van der Waals surface area contributed by atoms with E-state index in [1.165, 1.54) is 4.90 Å². The molecule has 0 saturated carbocycles. The van der Waals surface area contributed by atoms with Crippen molar-refractivity contribution in [2.45, 2.75) is 13.0 Å². The van der Waals surface area contributed by atoms with Crippen molar-refractivity contribution in [2.75, 3.05) is 12.3 Å². The number of nitrogens with two attached hydrogens (primary N) is 1. The molecule has 0 aliphatic carbocycles. The molecule has 4 nitrogen and oxygen atoms in total. The maximum absolute atomic E-state index is 11.1. The van der Waals surface area contributed by atoms with Crippen LogP contribution in [0, 0.1) is 0 Å². The van der Waals surface area contributed by atoms with Crippen LogP contribution in [0.1, 0.15) is 6.92 Å². The second-order valence-electron chi connectivity index (χ2n) is 2.39. The van der Waals surface area contributed by atoms with Gasteiger partial charge in [0.1, 0.15) is 0 Å². The van der Waals surface area contributed by atoms with Crippen LogP contribution in [0.15, 0.2) is 0 Å². The number of hydrogen-bond acceptors (Lipinski definition) is 4. The zero-order valence-electron chi connectivity index (χ0n) is 6.24. The highest BCUT2D eigenvalue weighted by molar-refractivity contribution is 8.13. The fourth-order valence-corrected chi connectivity index (χ4v) is 1.62. The number of hydrogen-bond donors (Lipinski definition) is 1. The van der Waals surface area contributed by atoms with E-state index in [0.29, 0.717) is 12.3 Å². The normalized spacial score (nSPS) is 20.5.